The molecule has 0 unspecified atom stereocenters. The zero-order valence-electron chi connectivity index (χ0n) is 13.8. The minimum Gasteiger partial charge on any atom is -0.352 e. The van der Waals surface area contributed by atoms with Gasteiger partial charge in [-0.15, -0.1) is 0 Å². The number of hydrogen-bond donors (Lipinski definition) is 1. The summed E-state index contributed by atoms with van der Waals surface area (Å²) in [6, 6.07) is 11.3. The van der Waals surface area contributed by atoms with Gasteiger partial charge in [0, 0.05) is 36.2 Å². The molecule has 5 nitrogen and oxygen atoms in total. The van der Waals surface area contributed by atoms with E-state index in [0.717, 1.165) is 5.69 Å². The molecule has 1 aromatic heterocycles. The van der Waals surface area contributed by atoms with Crippen molar-refractivity contribution in [2.24, 2.45) is 0 Å². The number of hydrogen-bond acceptors (Lipinski definition) is 2. The van der Waals surface area contributed by atoms with E-state index in [9.17, 15) is 9.59 Å². The number of aromatic nitrogens is 1. The summed E-state index contributed by atoms with van der Waals surface area (Å²) < 4.78 is 1.97. The normalized spacial score (nSPS) is 10.6. The number of carbonyl (C=O) groups excluding carboxylic acids is 2. The summed E-state index contributed by atoms with van der Waals surface area (Å²) in [4.78, 5) is 25.9. The van der Waals surface area contributed by atoms with Gasteiger partial charge >= 0.3 is 0 Å². The highest BCUT2D eigenvalue weighted by Gasteiger charge is 2.17. The van der Waals surface area contributed by atoms with Crippen LogP contribution in [0.5, 0.6) is 0 Å². The lowest BCUT2D eigenvalue weighted by Crippen LogP contribution is -2.42. The lowest BCUT2D eigenvalue weighted by Gasteiger charge is -2.21. The van der Waals surface area contributed by atoms with Crippen molar-refractivity contribution >= 4 is 11.8 Å². The molecule has 2 rings (SSSR count). The summed E-state index contributed by atoms with van der Waals surface area (Å²) in [5.74, 6) is -0.273. The lowest BCUT2D eigenvalue weighted by atomic mass is 10.1. The van der Waals surface area contributed by atoms with E-state index in [4.69, 9.17) is 0 Å². The second-order valence-electron chi connectivity index (χ2n) is 5.68. The molecule has 1 heterocycles. The fourth-order valence-corrected chi connectivity index (χ4v) is 2.33. The first-order valence-corrected chi connectivity index (χ1v) is 7.83. The smallest absolute Gasteiger partial charge is 0.254 e. The highest BCUT2D eigenvalue weighted by molar-refractivity contribution is 5.96. The van der Waals surface area contributed by atoms with Crippen molar-refractivity contribution in [3.05, 3.63) is 54.4 Å². The predicted octanol–water partition coefficient (Wildman–Crippen LogP) is 2.46. The molecule has 0 aliphatic heterocycles. The molecule has 23 heavy (non-hydrogen) atoms. The number of benzene rings is 1. The van der Waals surface area contributed by atoms with Gasteiger partial charge in [-0.2, -0.15) is 0 Å². The maximum Gasteiger partial charge on any atom is 0.254 e. The number of likely N-dealkylation sites (N-methyl/N-ethyl adjacent to an activating group) is 1. The van der Waals surface area contributed by atoms with Crippen LogP contribution in [-0.4, -0.2) is 40.4 Å². The topological polar surface area (TPSA) is 54.3 Å². The van der Waals surface area contributed by atoms with E-state index >= 15 is 0 Å². The number of nitrogens with one attached hydrogen (secondary N) is 1. The summed E-state index contributed by atoms with van der Waals surface area (Å²) in [5.41, 5.74) is 1.58. The van der Waals surface area contributed by atoms with Gasteiger partial charge in [0.15, 0.2) is 0 Å². The van der Waals surface area contributed by atoms with Gasteiger partial charge in [0.05, 0.1) is 6.54 Å². The SMILES string of the molecule is CCN(CC(=O)NC(C)C)C(=O)c1ccc(-n2cccc2)cc1. The molecule has 2 amide bonds. The van der Waals surface area contributed by atoms with Gasteiger partial charge in [-0.05, 0) is 57.2 Å². The van der Waals surface area contributed by atoms with Crippen molar-refractivity contribution in [2.75, 3.05) is 13.1 Å². The Bertz CT molecular complexity index is 645. The van der Waals surface area contributed by atoms with Crippen molar-refractivity contribution in [2.45, 2.75) is 26.8 Å². The van der Waals surface area contributed by atoms with Gasteiger partial charge in [0.2, 0.25) is 5.91 Å². The first-order chi connectivity index (χ1) is 11.0. The standard InChI is InChI=1S/C18H23N3O2/c1-4-20(13-17(22)19-14(2)3)18(23)15-7-9-16(10-8-15)21-11-5-6-12-21/h5-12,14H,4,13H2,1-3H3,(H,19,22). The van der Waals surface area contributed by atoms with Crippen LogP contribution >= 0.6 is 0 Å². The average Bonchev–Trinajstić information content (AvgIpc) is 3.06. The molecule has 0 bridgehead atoms. The van der Waals surface area contributed by atoms with E-state index in [2.05, 4.69) is 5.32 Å². The Hall–Kier alpha value is -2.56. The Kier molecular flexibility index (Phi) is 5.57. The third-order valence-electron chi connectivity index (χ3n) is 3.47. The molecule has 0 atom stereocenters. The number of amides is 2. The quantitative estimate of drug-likeness (QED) is 0.890. The highest BCUT2D eigenvalue weighted by Crippen LogP contribution is 2.12. The van der Waals surface area contributed by atoms with Crippen LogP contribution in [0.2, 0.25) is 0 Å². The molecule has 1 aromatic carbocycles. The molecule has 122 valence electrons. The molecule has 1 N–H and O–H groups in total. The van der Waals surface area contributed by atoms with Crippen LogP contribution in [0.4, 0.5) is 0 Å². The molecule has 0 saturated heterocycles. The molecule has 0 radical (unpaired) electrons. The molecular formula is C18H23N3O2. The third kappa shape index (κ3) is 4.45. The second kappa shape index (κ2) is 7.63. The van der Waals surface area contributed by atoms with Gasteiger partial charge < -0.3 is 14.8 Å². The van der Waals surface area contributed by atoms with Crippen molar-refractivity contribution < 1.29 is 9.59 Å². The summed E-state index contributed by atoms with van der Waals surface area (Å²) in [5, 5.41) is 2.81. The van der Waals surface area contributed by atoms with Crippen molar-refractivity contribution in [3.63, 3.8) is 0 Å². The zero-order chi connectivity index (χ0) is 16.8. The number of nitrogens with zero attached hydrogens (tertiary/aromatic N) is 2. The number of carbonyl (C=O) groups is 2. The molecule has 0 aliphatic rings. The third-order valence-corrected chi connectivity index (χ3v) is 3.47. The summed E-state index contributed by atoms with van der Waals surface area (Å²) in [6.07, 6.45) is 3.90. The van der Waals surface area contributed by atoms with E-state index < -0.39 is 0 Å². The van der Waals surface area contributed by atoms with Crippen LogP contribution in [0.1, 0.15) is 31.1 Å². The molecule has 0 spiro atoms. The first-order valence-electron chi connectivity index (χ1n) is 7.83. The molecule has 5 heteroatoms. The van der Waals surface area contributed by atoms with Gasteiger partial charge in [-0.1, -0.05) is 0 Å². The van der Waals surface area contributed by atoms with Crippen LogP contribution in [0.3, 0.4) is 0 Å². The van der Waals surface area contributed by atoms with Crippen LogP contribution in [0.25, 0.3) is 5.69 Å². The second-order valence-corrected chi connectivity index (χ2v) is 5.68. The van der Waals surface area contributed by atoms with E-state index in [1.165, 1.54) is 0 Å². The van der Waals surface area contributed by atoms with Crippen LogP contribution in [0.15, 0.2) is 48.8 Å². The molecule has 2 aromatic rings. The molecule has 0 saturated carbocycles. The molecule has 0 aliphatic carbocycles. The largest absolute Gasteiger partial charge is 0.352 e. The predicted molar refractivity (Wildman–Crippen MR) is 90.6 cm³/mol. The number of rotatable bonds is 6. The molecular weight excluding hydrogens is 290 g/mol. The Morgan fingerprint density at radius 2 is 1.74 bits per heavy atom. The van der Waals surface area contributed by atoms with Gasteiger partial charge in [-0.25, -0.2) is 0 Å². The molecule has 0 fully saturated rings. The Balaban J connectivity index is 2.07. The minimum absolute atomic E-state index is 0.0668. The van der Waals surface area contributed by atoms with E-state index in [0.29, 0.717) is 12.1 Å². The fourth-order valence-electron chi connectivity index (χ4n) is 2.33. The van der Waals surface area contributed by atoms with Crippen LogP contribution < -0.4 is 5.32 Å². The summed E-state index contributed by atoms with van der Waals surface area (Å²) >= 11 is 0. The Morgan fingerprint density at radius 1 is 1.13 bits per heavy atom. The van der Waals surface area contributed by atoms with Gasteiger partial charge in [0.1, 0.15) is 0 Å². The fraction of sp³-hybridized carbons (Fsp3) is 0.333. The van der Waals surface area contributed by atoms with Crippen LogP contribution in [0, 0.1) is 0 Å². The monoisotopic (exact) mass is 313 g/mol. The Morgan fingerprint density at radius 3 is 2.26 bits per heavy atom. The summed E-state index contributed by atoms with van der Waals surface area (Å²) in [7, 11) is 0. The highest BCUT2D eigenvalue weighted by atomic mass is 16.2. The van der Waals surface area contributed by atoms with Gasteiger partial charge in [0.25, 0.3) is 5.91 Å². The van der Waals surface area contributed by atoms with E-state index in [1.807, 2.05) is 62.0 Å². The van der Waals surface area contributed by atoms with Crippen molar-refractivity contribution in [3.8, 4) is 5.69 Å². The maximum atomic E-state index is 12.5. The Labute approximate surface area is 136 Å². The van der Waals surface area contributed by atoms with E-state index in [-0.39, 0.29) is 24.4 Å². The minimum atomic E-state index is -0.140. The summed E-state index contributed by atoms with van der Waals surface area (Å²) in [6.45, 7) is 6.23. The maximum absolute atomic E-state index is 12.5. The van der Waals surface area contributed by atoms with Crippen molar-refractivity contribution in [1.29, 1.82) is 0 Å². The first kappa shape index (κ1) is 16.8. The van der Waals surface area contributed by atoms with Gasteiger partial charge in [-0.3, -0.25) is 9.59 Å². The lowest BCUT2D eigenvalue weighted by molar-refractivity contribution is -0.122. The average molecular weight is 313 g/mol. The van der Waals surface area contributed by atoms with E-state index in [1.54, 1.807) is 17.0 Å². The zero-order valence-corrected chi connectivity index (χ0v) is 13.8. The van der Waals surface area contributed by atoms with Crippen molar-refractivity contribution in [1.82, 2.24) is 14.8 Å². The van der Waals surface area contributed by atoms with Crippen LogP contribution in [-0.2, 0) is 4.79 Å².